The number of ether oxygens (including phenoxy) is 1. The van der Waals surface area contributed by atoms with E-state index in [2.05, 4.69) is 44.8 Å². The van der Waals surface area contributed by atoms with E-state index in [4.69, 9.17) is 4.74 Å². The molecule has 0 amide bonds. The van der Waals surface area contributed by atoms with Gasteiger partial charge in [0, 0.05) is 25.2 Å². The summed E-state index contributed by atoms with van der Waals surface area (Å²) in [5, 5.41) is 3.67. The van der Waals surface area contributed by atoms with E-state index in [1.54, 1.807) is 0 Å². The van der Waals surface area contributed by atoms with Crippen molar-refractivity contribution in [3.8, 4) is 0 Å². The molecule has 0 aliphatic carbocycles. The van der Waals surface area contributed by atoms with Gasteiger partial charge in [0.2, 0.25) is 0 Å². The Kier molecular flexibility index (Phi) is 6.45. The van der Waals surface area contributed by atoms with Gasteiger partial charge in [0.1, 0.15) is 0 Å². The average Bonchev–Trinajstić information content (AvgIpc) is 2.28. The van der Waals surface area contributed by atoms with Gasteiger partial charge in [-0.05, 0) is 32.7 Å². The Balaban J connectivity index is 2.46. The molecule has 3 nitrogen and oxygen atoms in total. The predicted molar refractivity (Wildman–Crippen MR) is 73.4 cm³/mol. The number of rotatable bonds is 6. The Labute approximate surface area is 107 Å². The molecule has 0 saturated carbocycles. The fraction of sp³-hybridized carbons (Fsp3) is 1.00. The molecule has 1 heterocycles. The molecule has 3 unspecified atom stereocenters. The molecule has 3 heteroatoms. The van der Waals surface area contributed by atoms with Crippen LogP contribution in [0.5, 0.6) is 0 Å². The van der Waals surface area contributed by atoms with Gasteiger partial charge in [-0.3, -0.25) is 4.90 Å². The van der Waals surface area contributed by atoms with Crippen LogP contribution in [0.2, 0.25) is 0 Å². The van der Waals surface area contributed by atoms with E-state index in [-0.39, 0.29) is 0 Å². The van der Waals surface area contributed by atoms with E-state index >= 15 is 0 Å². The lowest BCUT2D eigenvalue weighted by Crippen LogP contribution is -2.53. The lowest BCUT2D eigenvalue weighted by Gasteiger charge is -2.39. The first kappa shape index (κ1) is 14.9. The molecule has 0 spiro atoms. The van der Waals surface area contributed by atoms with Gasteiger partial charge in [0.25, 0.3) is 0 Å². The minimum atomic E-state index is 0.380. The molecule has 0 aromatic rings. The van der Waals surface area contributed by atoms with Gasteiger partial charge in [-0.25, -0.2) is 0 Å². The molecule has 1 aliphatic heterocycles. The Morgan fingerprint density at radius 3 is 2.65 bits per heavy atom. The number of hydrogen-bond acceptors (Lipinski definition) is 3. The third-order valence-corrected chi connectivity index (χ3v) is 3.63. The molecule has 0 aromatic carbocycles. The maximum Gasteiger partial charge on any atom is 0.0674 e. The van der Waals surface area contributed by atoms with Gasteiger partial charge in [-0.1, -0.05) is 20.8 Å². The molecule has 1 fully saturated rings. The third-order valence-electron chi connectivity index (χ3n) is 3.63. The quantitative estimate of drug-likeness (QED) is 0.772. The number of nitrogens with one attached hydrogen (secondary N) is 1. The standard InChI is InChI=1S/C14H30N2O/c1-6-7-15-14(11(2)3)9-16-8-13(5)17-10-12(16)4/h11-15H,6-10H2,1-5H3. The van der Waals surface area contributed by atoms with E-state index in [0.717, 1.165) is 26.2 Å². The topological polar surface area (TPSA) is 24.5 Å². The summed E-state index contributed by atoms with van der Waals surface area (Å²) in [5.74, 6) is 0.687. The van der Waals surface area contributed by atoms with Crippen molar-refractivity contribution in [2.75, 3.05) is 26.2 Å². The van der Waals surface area contributed by atoms with Gasteiger partial charge >= 0.3 is 0 Å². The largest absolute Gasteiger partial charge is 0.376 e. The van der Waals surface area contributed by atoms with E-state index < -0.39 is 0 Å². The molecular weight excluding hydrogens is 212 g/mol. The van der Waals surface area contributed by atoms with Crippen molar-refractivity contribution in [3.63, 3.8) is 0 Å². The fourth-order valence-electron chi connectivity index (χ4n) is 2.32. The zero-order valence-corrected chi connectivity index (χ0v) is 12.2. The molecule has 1 N–H and O–H groups in total. The van der Waals surface area contributed by atoms with Gasteiger partial charge in [0.15, 0.2) is 0 Å². The molecule has 0 aromatic heterocycles. The normalized spacial score (nSPS) is 28.6. The van der Waals surface area contributed by atoms with Crippen LogP contribution in [0.15, 0.2) is 0 Å². The maximum absolute atomic E-state index is 5.68. The van der Waals surface area contributed by atoms with Crippen LogP contribution in [0.4, 0.5) is 0 Å². The second-order valence-corrected chi connectivity index (χ2v) is 5.75. The lowest BCUT2D eigenvalue weighted by atomic mass is 10.0. The molecule has 1 rings (SSSR count). The highest BCUT2D eigenvalue weighted by atomic mass is 16.5. The highest BCUT2D eigenvalue weighted by Gasteiger charge is 2.26. The van der Waals surface area contributed by atoms with Gasteiger partial charge in [-0.2, -0.15) is 0 Å². The Morgan fingerprint density at radius 2 is 2.06 bits per heavy atom. The summed E-state index contributed by atoms with van der Waals surface area (Å²) in [6.45, 7) is 15.5. The maximum atomic E-state index is 5.68. The third kappa shape index (κ3) is 4.94. The van der Waals surface area contributed by atoms with Crippen LogP contribution >= 0.6 is 0 Å². The van der Waals surface area contributed by atoms with Crippen LogP contribution in [-0.2, 0) is 4.74 Å². The van der Waals surface area contributed by atoms with Crippen molar-refractivity contribution in [2.24, 2.45) is 5.92 Å². The van der Waals surface area contributed by atoms with E-state index in [0.29, 0.717) is 24.1 Å². The van der Waals surface area contributed by atoms with E-state index in [1.807, 2.05) is 0 Å². The van der Waals surface area contributed by atoms with Crippen LogP contribution in [0, 0.1) is 5.92 Å². The average molecular weight is 242 g/mol. The van der Waals surface area contributed by atoms with Crippen molar-refractivity contribution in [3.05, 3.63) is 0 Å². The molecule has 0 bridgehead atoms. The Bertz CT molecular complexity index is 208. The van der Waals surface area contributed by atoms with Gasteiger partial charge in [0.05, 0.1) is 12.7 Å². The van der Waals surface area contributed by atoms with Crippen molar-refractivity contribution in [2.45, 2.75) is 59.2 Å². The molecule has 102 valence electrons. The van der Waals surface area contributed by atoms with Crippen LogP contribution in [0.1, 0.15) is 41.0 Å². The molecule has 17 heavy (non-hydrogen) atoms. The number of morpholine rings is 1. The zero-order chi connectivity index (χ0) is 12.8. The molecule has 3 atom stereocenters. The van der Waals surface area contributed by atoms with Crippen molar-refractivity contribution >= 4 is 0 Å². The van der Waals surface area contributed by atoms with Crippen LogP contribution < -0.4 is 5.32 Å². The highest BCUT2D eigenvalue weighted by molar-refractivity contribution is 4.81. The van der Waals surface area contributed by atoms with Crippen LogP contribution in [-0.4, -0.2) is 49.3 Å². The van der Waals surface area contributed by atoms with E-state index in [9.17, 15) is 0 Å². The first-order valence-electron chi connectivity index (χ1n) is 7.13. The summed E-state index contributed by atoms with van der Waals surface area (Å²) in [6.07, 6.45) is 1.59. The number of nitrogens with zero attached hydrogens (tertiary/aromatic N) is 1. The Morgan fingerprint density at radius 1 is 1.35 bits per heavy atom. The van der Waals surface area contributed by atoms with Crippen molar-refractivity contribution < 1.29 is 4.74 Å². The SMILES string of the molecule is CCCNC(CN1CC(C)OCC1C)C(C)C. The van der Waals surface area contributed by atoms with E-state index in [1.165, 1.54) is 6.42 Å². The van der Waals surface area contributed by atoms with Gasteiger partial charge in [-0.15, -0.1) is 0 Å². The van der Waals surface area contributed by atoms with Crippen LogP contribution in [0.25, 0.3) is 0 Å². The first-order valence-corrected chi connectivity index (χ1v) is 7.13. The zero-order valence-electron chi connectivity index (χ0n) is 12.2. The molecule has 0 radical (unpaired) electrons. The van der Waals surface area contributed by atoms with Crippen LogP contribution in [0.3, 0.4) is 0 Å². The molecular formula is C14H30N2O. The number of hydrogen-bond donors (Lipinski definition) is 1. The lowest BCUT2D eigenvalue weighted by molar-refractivity contribution is -0.0534. The monoisotopic (exact) mass is 242 g/mol. The summed E-state index contributed by atoms with van der Waals surface area (Å²) in [4.78, 5) is 2.57. The second-order valence-electron chi connectivity index (χ2n) is 5.75. The molecule has 1 saturated heterocycles. The molecule has 1 aliphatic rings. The fourth-order valence-corrected chi connectivity index (χ4v) is 2.32. The summed E-state index contributed by atoms with van der Waals surface area (Å²) < 4.78 is 5.68. The first-order chi connectivity index (χ1) is 8.04. The summed E-state index contributed by atoms with van der Waals surface area (Å²) in [5.41, 5.74) is 0. The minimum Gasteiger partial charge on any atom is -0.376 e. The summed E-state index contributed by atoms with van der Waals surface area (Å²) >= 11 is 0. The second kappa shape index (κ2) is 7.34. The smallest absolute Gasteiger partial charge is 0.0674 e. The van der Waals surface area contributed by atoms with Gasteiger partial charge < -0.3 is 10.1 Å². The highest BCUT2D eigenvalue weighted by Crippen LogP contribution is 2.14. The van der Waals surface area contributed by atoms with Crippen molar-refractivity contribution in [1.29, 1.82) is 0 Å². The minimum absolute atomic E-state index is 0.380. The van der Waals surface area contributed by atoms with Crippen molar-refractivity contribution in [1.82, 2.24) is 10.2 Å². The summed E-state index contributed by atoms with van der Waals surface area (Å²) in [6, 6.07) is 1.15. The summed E-state index contributed by atoms with van der Waals surface area (Å²) in [7, 11) is 0. The predicted octanol–water partition coefficient (Wildman–Crippen LogP) is 2.12. The Hall–Kier alpha value is -0.120.